The van der Waals surface area contributed by atoms with E-state index in [1.165, 1.54) is 10.4 Å². The zero-order chi connectivity index (χ0) is 17.0. The van der Waals surface area contributed by atoms with E-state index in [2.05, 4.69) is 16.9 Å². The molecule has 0 saturated heterocycles. The third-order valence-corrected chi connectivity index (χ3v) is 5.98. The van der Waals surface area contributed by atoms with Crippen LogP contribution in [0.3, 0.4) is 0 Å². The zero-order valence-corrected chi connectivity index (χ0v) is 14.7. The standard InChI is InChI=1S/C18H18N4O2S/c1-21-5-4-12-15(8-21)25-18-16(12)17(19)22(9-20-18)7-11-2-3-13-14(6-11)24-10-23-13/h2-3,6,9,19H,4-5,7-8,10H2,1H3. The molecule has 2 aliphatic heterocycles. The minimum absolute atomic E-state index is 0.276. The van der Waals surface area contributed by atoms with Gasteiger partial charge in [-0.1, -0.05) is 6.07 Å². The molecule has 0 amide bonds. The van der Waals surface area contributed by atoms with Crippen molar-refractivity contribution in [3.8, 4) is 11.5 Å². The van der Waals surface area contributed by atoms with Crippen molar-refractivity contribution in [3.63, 3.8) is 0 Å². The second-order valence-electron chi connectivity index (χ2n) is 6.58. The molecule has 2 aromatic heterocycles. The summed E-state index contributed by atoms with van der Waals surface area (Å²) in [5.41, 5.74) is 2.94. The summed E-state index contributed by atoms with van der Waals surface area (Å²) in [5, 5.41) is 9.73. The first kappa shape index (κ1) is 14.9. The van der Waals surface area contributed by atoms with Gasteiger partial charge in [-0.3, -0.25) is 5.41 Å². The molecule has 1 aromatic carbocycles. The summed E-state index contributed by atoms with van der Waals surface area (Å²) < 4.78 is 12.7. The number of fused-ring (bicyclic) bond motifs is 4. The van der Waals surface area contributed by atoms with E-state index in [0.717, 1.165) is 46.8 Å². The number of likely N-dealkylation sites (N-methyl/N-ethyl adjacent to an activating group) is 1. The Labute approximate surface area is 148 Å². The number of hydrogen-bond donors (Lipinski definition) is 1. The maximum atomic E-state index is 8.71. The van der Waals surface area contributed by atoms with E-state index >= 15 is 0 Å². The summed E-state index contributed by atoms with van der Waals surface area (Å²) in [6, 6.07) is 5.93. The number of ether oxygens (including phenoxy) is 2. The van der Waals surface area contributed by atoms with Crippen molar-refractivity contribution in [2.45, 2.75) is 19.5 Å². The molecule has 0 atom stereocenters. The molecule has 7 heteroatoms. The summed E-state index contributed by atoms with van der Waals surface area (Å²) in [6.07, 6.45) is 2.77. The molecule has 1 N–H and O–H groups in total. The van der Waals surface area contributed by atoms with Crippen molar-refractivity contribution in [2.24, 2.45) is 0 Å². The smallest absolute Gasteiger partial charge is 0.231 e. The molecule has 0 bridgehead atoms. The minimum Gasteiger partial charge on any atom is -0.454 e. The zero-order valence-electron chi connectivity index (χ0n) is 13.9. The van der Waals surface area contributed by atoms with Crippen LogP contribution in [0, 0.1) is 5.41 Å². The summed E-state index contributed by atoms with van der Waals surface area (Å²) >= 11 is 1.73. The van der Waals surface area contributed by atoms with Gasteiger partial charge in [0.15, 0.2) is 11.5 Å². The Hall–Kier alpha value is -2.38. The van der Waals surface area contributed by atoms with E-state index in [9.17, 15) is 0 Å². The van der Waals surface area contributed by atoms with E-state index in [0.29, 0.717) is 12.0 Å². The van der Waals surface area contributed by atoms with Crippen LogP contribution in [0.15, 0.2) is 24.5 Å². The largest absolute Gasteiger partial charge is 0.454 e. The van der Waals surface area contributed by atoms with Crippen LogP contribution >= 0.6 is 11.3 Å². The van der Waals surface area contributed by atoms with Gasteiger partial charge in [-0.15, -0.1) is 11.3 Å². The predicted octanol–water partition coefficient (Wildman–Crippen LogP) is 2.34. The Balaban J connectivity index is 1.56. The van der Waals surface area contributed by atoms with E-state index in [-0.39, 0.29) is 6.79 Å². The number of aromatic nitrogens is 2. The maximum absolute atomic E-state index is 8.71. The van der Waals surface area contributed by atoms with Crippen molar-refractivity contribution in [2.75, 3.05) is 20.4 Å². The molecule has 5 rings (SSSR count). The summed E-state index contributed by atoms with van der Waals surface area (Å²) in [5.74, 6) is 1.55. The number of rotatable bonds is 2. The van der Waals surface area contributed by atoms with Gasteiger partial charge >= 0.3 is 0 Å². The Morgan fingerprint density at radius 3 is 3.08 bits per heavy atom. The molecule has 0 fully saturated rings. The van der Waals surface area contributed by atoms with Gasteiger partial charge in [0.1, 0.15) is 10.3 Å². The highest BCUT2D eigenvalue weighted by Gasteiger charge is 2.21. The molecule has 0 spiro atoms. The lowest BCUT2D eigenvalue weighted by molar-refractivity contribution is 0.174. The fourth-order valence-electron chi connectivity index (χ4n) is 3.53. The molecule has 0 unspecified atom stereocenters. The highest BCUT2D eigenvalue weighted by Crippen LogP contribution is 2.33. The number of nitrogens with one attached hydrogen (secondary N) is 1. The Morgan fingerprint density at radius 1 is 1.28 bits per heavy atom. The van der Waals surface area contributed by atoms with Crippen LogP contribution in [0.2, 0.25) is 0 Å². The Kier molecular flexibility index (Phi) is 3.33. The molecule has 2 aliphatic rings. The van der Waals surface area contributed by atoms with Crippen molar-refractivity contribution >= 4 is 21.6 Å². The van der Waals surface area contributed by atoms with Crippen molar-refractivity contribution < 1.29 is 9.47 Å². The maximum Gasteiger partial charge on any atom is 0.231 e. The Morgan fingerprint density at radius 2 is 2.16 bits per heavy atom. The van der Waals surface area contributed by atoms with Crippen LogP contribution in [0.5, 0.6) is 11.5 Å². The van der Waals surface area contributed by atoms with E-state index in [4.69, 9.17) is 14.9 Å². The van der Waals surface area contributed by atoms with Crippen LogP contribution in [-0.4, -0.2) is 34.8 Å². The highest BCUT2D eigenvalue weighted by atomic mass is 32.1. The van der Waals surface area contributed by atoms with Gasteiger partial charge in [-0.25, -0.2) is 4.98 Å². The van der Waals surface area contributed by atoms with Gasteiger partial charge in [-0.05, 0) is 36.7 Å². The molecule has 128 valence electrons. The molecular weight excluding hydrogens is 336 g/mol. The van der Waals surface area contributed by atoms with Gasteiger partial charge < -0.3 is 18.9 Å². The highest BCUT2D eigenvalue weighted by molar-refractivity contribution is 7.18. The van der Waals surface area contributed by atoms with Crippen LogP contribution in [0.1, 0.15) is 16.0 Å². The SMILES string of the molecule is CN1CCc2c(sc3ncn(Cc4ccc5c(c4)OCO5)c(=N)c23)C1. The molecule has 4 heterocycles. The van der Waals surface area contributed by atoms with Gasteiger partial charge in [-0.2, -0.15) is 0 Å². The van der Waals surface area contributed by atoms with Crippen LogP contribution < -0.4 is 15.0 Å². The second kappa shape index (κ2) is 5.57. The first-order chi connectivity index (χ1) is 12.2. The lowest BCUT2D eigenvalue weighted by atomic mass is 10.1. The fourth-order valence-corrected chi connectivity index (χ4v) is 4.80. The van der Waals surface area contributed by atoms with Crippen molar-refractivity contribution in [3.05, 3.63) is 46.0 Å². The molecule has 6 nitrogen and oxygen atoms in total. The predicted molar refractivity (Wildman–Crippen MR) is 95.2 cm³/mol. The van der Waals surface area contributed by atoms with Crippen LogP contribution in [0.25, 0.3) is 10.2 Å². The molecule has 0 aliphatic carbocycles. The number of thiophene rings is 1. The average molecular weight is 354 g/mol. The molecule has 25 heavy (non-hydrogen) atoms. The van der Waals surface area contributed by atoms with E-state index in [1.54, 1.807) is 17.7 Å². The first-order valence-electron chi connectivity index (χ1n) is 8.30. The van der Waals surface area contributed by atoms with Crippen molar-refractivity contribution in [1.29, 1.82) is 5.41 Å². The lowest BCUT2D eigenvalue weighted by Crippen LogP contribution is -2.27. The molecule has 3 aromatic rings. The normalized spacial score (nSPS) is 16.4. The number of benzene rings is 1. The second-order valence-corrected chi connectivity index (χ2v) is 7.66. The third kappa shape index (κ3) is 2.42. The topological polar surface area (TPSA) is 63.4 Å². The fraction of sp³-hybridized carbons (Fsp3) is 0.333. The van der Waals surface area contributed by atoms with Crippen LogP contribution in [-0.2, 0) is 19.5 Å². The Bertz CT molecular complexity index is 1040. The van der Waals surface area contributed by atoms with Gasteiger partial charge in [0, 0.05) is 18.0 Å². The monoisotopic (exact) mass is 354 g/mol. The van der Waals surface area contributed by atoms with Gasteiger partial charge in [0.2, 0.25) is 6.79 Å². The first-order valence-corrected chi connectivity index (χ1v) is 9.12. The van der Waals surface area contributed by atoms with E-state index in [1.807, 2.05) is 22.8 Å². The average Bonchev–Trinajstić information content (AvgIpc) is 3.20. The number of hydrogen-bond acceptors (Lipinski definition) is 6. The van der Waals surface area contributed by atoms with Crippen molar-refractivity contribution in [1.82, 2.24) is 14.5 Å². The summed E-state index contributed by atoms with van der Waals surface area (Å²) in [7, 11) is 2.14. The summed E-state index contributed by atoms with van der Waals surface area (Å²) in [4.78, 5) is 9.28. The third-order valence-electron chi connectivity index (χ3n) is 4.86. The molecule has 0 radical (unpaired) electrons. The van der Waals surface area contributed by atoms with Gasteiger partial charge in [0.05, 0.1) is 18.3 Å². The summed E-state index contributed by atoms with van der Waals surface area (Å²) in [6.45, 7) is 2.87. The van der Waals surface area contributed by atoms with Gasteiger partial charge in [0.25, 0.3) is 0 Å². The minimum atomic E-state index is 0.276. The quantitative estimate of drug-likeness (QED) is 0.767. The van der Waals surface area contributed by atoms with E-state index < -0.39 is 0 Å². The number of nitrogens with zero attached hydrogens (tertiary/aromatic N) is 3. The van der Waals surface area contributed by atoms with Crippen LogP contribution in [0.4, 0.5) is 0 Å². The lowest BCUT2D eigenvalue weighted by Gasteiger charge is -2.22. The molecular formula is C18H18N4O2S. The molecule has 0 saturated carbocycles.